The standard InChI is InChI=1S/C11H13NO3/c1-7-8(2)11(14)12(10(7)13)6-9-4-3-5-15-9/h3-5,10,13H,6H2,1-2H3. The predicted octanol–water partition coefficient (Wildman–Crippen LogP) is 1.28. The molecule has 1 unspecified atom stereocenters. The molecule has 0 fully saturated rings. The largest absolute Gasteiger partial charge is 0.467 e. The highest BCUT2D eigenvalue weighted by Crippen LogP contribution is 2.25. The Morgan fingerprint density at radius 3 is 2.73 bits per heavy atom. The lowest BCUT2D eigenvalue weighted by Gasteiger charge is -2.20. The van der Waals surface area contributed by atoms with E-state index in [1.165, 1.54) is 4.90 Å². The van der Waals surface area contributed by atoms with Crippen LogP contribution in [0.15, 0.2) is 34.0 Å². The monoisotopic (exact) mass is 207 g/mol. The highest BCUT2D eigenvalue weighted by atomic mass is 16.3. The first-order chi connectivity index (χ1) is 7.11. The molecule has 1 aromatic rings. The fraction of sp³-hybridized carbons (Fsp3) is 0.364. The van der Waals surface area contributed by atoms with E-state index < -0.39 is 6.23 Å². The lowest BCUT2D eigenvalue weighted by Crippen LogP contribution is -2.34. The summed E-state index contributed by atoms with van der Waals surface area (Å²) in [5.41, 5.74) is 1.33. The fourth-order valence-electron chi connectivity index (χ4n) is 1.65. The number of nitrogens with zero attached hydrogens (tertiary/aromatic N) is 1. The van der Waals surface area contributed by atoms with Gasteiger partial charge in [0.1, 0.15) is 5.76 Å². The van der Waals surface area contributed by atoms with Crippen LogP contribution in [0, 0.1) is 0 Å². The molecule has 2 rings (SSSR count). The van der Waals surface area contributed by atoms with E-state index in [-0.39, 0.29) is 5.91 Å². The lowest BCUT2D eigenvalue weighted by atomic mass is 10.2. The van der Waals surface area contributed by atoms with Gasteiger partial charge in [0.2, 0.25) is 0 Å². The number of hydrogen-bond acceptors (Lipinski definition) is 3. The molecule has 1 N–H and O–H groups in total. The Kier molecular flexibility index (Phi) is 2.36. The second kappa shape index (κ2) is 3.55. The zero-order chi connectivity index (χ0) is 11.0. The van der Waals surface area contributed by atoms with E-state index in [4.69, 9.17) is 4.42 Å². The number of amides is 1. The summed E-state index contributed by atoms with van der Waals surface area (Å²) >= 11 is 0. The Bertz CT molecular complexity index is 405. The van der Waals surface area contributed by atoms with Gasteiger partial charge in [0.25, 0.3) is 5.91 Å². The van der Waals surface area contributed by atoms with Crippen molar-refractivity contribution in [1.29, 1.82) is 0 Å². The first-order valence-corrected chi connectivity index (χ1v) is 4.80. The molecule has 4 nitrogen and oxygen atoms in total. The maximum atomic E-state index is 11.7. The van der Waals surface area contributed by atoms with Crippen LogP contribution in [-0.2, 0) is 11.3 Å². The minimum atomic E-state index is -0.817. The molecule has 1 aliphatic heterocycles. The van der Waals surface area contributed by atoms with Crippen molar-refractivity contribution in [2.45, 2.75) is 26.6 Å². The third-order valence-corrected chi connectivity index (χ3v) is 2.76. The first kappa shape index (κ1) is 9.98. The van der Waals surface area contributed by atoms with E-state index in [0.717, 1.165) is 0 Å². The molecule has 1 amide bonds. The van der Waals surface area contributed by atoms with Crippen LogP contribution in [0.2, 0.25) is 0 Å². The fourth-order valence-corrected chi connectivity index (χ4v) is 1.65. The normalized spacial score (nSPS) is 21.7. The van der Waals surface area contributed by atoms with Gasteiger partial charge in [-0.05, 0) is 31.6 Å². The SMILES string of the molecule is CC1=C(C)C(O)N(Cc2ccco2)C1=O. The number of aliphatic hydroxyl groups excluding tert-OH is 1. The van der Waals surface area contributed by atoms with E-state index in [2.05, 4.69) is 0 Å². The van der Waals surface area contributed by atoms with Crippen molar-refractivity contribution >= 4 is 5.91 Å². The van der Waals surface area contributed by atoms with Gasteiger partial charge in [-0.25, -0.2) is 0 Å². The molecule has 0 radical (unpaired) electrons. The Hall–Kier alpha value is -1.55. The average Bonchev–Trinajstić information content (AvgIpc) is 2.79. The zero-order valence-corrected chi connectivity index (χ0v) is 8.73. The number of carbonyl (C=O) groups excluding carboxylic acids is 1. The molecule has 0 saturated heterocycles. The molecule has 1 aromatic heterocycles. The van der Waals surface area contributed by atoms with Gasteiger partial charge in [0.05, 0.1) is 12.8 Å². The molecule has 0 bridgehead atoms. The topological polar surface area (TPSA) is 53.7 Å². The molecule has 0 aromatic carbocycles. The summed E-state index contributed by atoms with van der Waals surface area (Å²) in [6.07, 6.45) is 0.734. The minimum absolute atomic E-state index is 0.128. The van der Waals surface area contributed by atoms with E-state index in [1.54, 1.807) is 32.2 Å². The average molecular weight is 207 g/mol. The van der Waals surface area contributed by atoms with Crippen molar-refractivity contribution in [3.05, 3.63) is 35.3 Å². The van der Waals surface area contributed by atoms with Gasteiger partial charge >= 0.3 is 0 Å². The number of furan rings is 1. The summed E-state index contributed by atoms with van der Waals surface area (Å²) in [5, 5.41) is 9.80. The Labute approximate surface area is 87.8 Å². The van der Waals surface area contributed by atoms with Gasteiger partial charge in [-0.1, -0.05) is 0 Å². The number of aliphatic hydroxyl groups is 1. The molecule has 2 heterocycles. The minimum Gasteiger partial charge on any atom is -0.467 e. The van der Waals surface area contributed by atoms with Crippen molar-refractivity contribution < 1.29 is 14.3 Å². The van der Waals surface area contributed by atoms with Crippen LogP contribution in [-0.4, -0.2) is 22.1 Å². The molecule has 0 spiro atoms. The van der Waals surface area contributed by atoms with Crippen molar-refractivity contribution in [1.82, 2.24) is 4.90 Å². The maximum absolute atomic E-state index is 11.7. The summed E-state index contributed by atoms with van der Waals surface area (Å²) in [6.45, 7) is 3.80. The molecule has 15 heavy (non-hydrogen) atoms. The molecule has 1 aliphatic rings. The van der Waals surface area contributed by atoms with E-state index in [9.17, 15) is 9.90 Å². The Morgan fingerprint density at radius 2 is 2.27 bits per heavy atom. The van der Waals surface area contributed by atoms with Gasteiger partial charge in [-0.3, -0.25) is 4.79 Å². The van der Waals surface area contributed by atoms with Crippen molar-refractivity contribution in [2.75, 3.05) is 0 Å². The maximum Gasteiger partial charge on any atom is 0.252 e. The highest BCUT2D eigenvalue weighted by molar-refractivity contribution is 5.96. The molecule has 4 heteroatoms. The Morgan fingerprint density at radius 1 is 1.53 bits per heavy atom. The van der Waals surface area contributed by atoms with Crippen LogP contribution >= 0.6 is 0 Å². The molecule has 0 aliphatic carbocycles. The number of carbonyl (C=O) groups is 1. The van der Waals surface area contributed by atoms with Crippen LogP contribution in [0.5, 0.6) is 0 Å². The van der Waals surface area contributed by atoms with Gasteiger partial charge < -0.3 is 14.4 Å². The molecular weight excluding hydrogens is 194 g/mol. The zero-order valence-electron chi connectivity index (χ0n) is 8.73. The van der Waals surface area contributed by atoms with Gasteiger partial charge in [0, 0.05) is 5.57 Å². The number of hydrogen-bond donors (Lipinski definition) is 1. The van der Waals surface area contributed by atoms with Gasteiger partial charge in [-0.2, -0.15) is 0 Å². The molecular formula is C11H13NO3. The molecule has 0 saturated carbocycles. The molecule has 80 valence electrons. The summed E-state index contributed by atoms with van der Waals surface area (Å²) in [7, 11) is 0. The van der Waals surface area contributed by atoms with Gasteiger partial charge in [-0.15, -0.1) is 0 Å². The van der Waals surface area contributed by atoms with Crippen LogP contribution in [0.25, 0.3) is 0 Å². The van der Waals surface area contributed by atoms with Crippen molar-refractivity contribution in [3.63, 3.8) is 0 Å². The second-order valence-electron chi connectivity index (χ2n) is 3.69. The summed E-state index contributed by atoms with van der Waals surface area (Å²) in [6, 6.07) is 3.54. The van der Waals surface area contributed by atoms with E-state index >= 15 is 0 Å². The third kappa shape index (κ3) is 1.57. The van der Waals surface area contributed by atoms with Crippen LogP contribution in [0.1, 0.15) is 19.6 Å². The van der Waals surface area contributed by atoms with Crippen LogP contribution < -0.4 is 0 Å². The second-order valence-corrected chi connectivity index (χ2v) is 3.69. The predicted molar refractivity (Wildman–Crippen MR) is 53.6 cm³/mol. The first-order valence-electron chi connectivity index (χ1n) is 4.80. The smallest absolute Gasteiger partial charge is 0.252 e. The highest BCUT2D eigenvalue weighted by Gasteiger charge is 2.33. The van der Waals surface area contributed by atoms with E-state index in [0.29, 0.717) is 23.5 Å². The summed E-state index contributed by atoms with van der Waals surface area (Å²) in [5.74, 6) is 0.543. The third-order valence-electron chi connectivity index (χ3n) is 2.76. The van der Waals surface area contributed by atoms with Crippen molar-refractivity contribution in [2.24, 2.45) is 0 Å². The van der Waals surface area contributed by atoms with Crippen LogP contribution in [0.3, 0.4) is 0 Å². The van der Waals surface area contributed by atoms with Gasteiger partial charge in [0.15, 0.2) is 6.23 Å². The van der Waals surface area contributed by atoms with Crippen molar-refractivity contribution in [3.8, 4) is 0 Å². The lowest BCUT2D eigenvalue weighted by molar-refractivity contribution is -0.133. The molecule has 1 atom stereocenters. The van der Waals surface area contributed by atoms with E-state index in [1.807, 2.05) is 0 Å². The number of rotatable bonds is 2. The quantitative estimate of drug-likeness (QED) is 0.794. The summed E-state index contributed by atoms with van der Waals surface area (Å²) in [4.78, 5) is 13.1. The van der Waals surface area contributed by atoms with Crippen LogP contribution in [0.4, 0.5) is 0 Å². The summed E-state index contributed by atoms with van der Waals surface area (Å²) < 4.78 is 5.14. The Balaban J connectivity index is 2.17.